The van der Waals surface area contributed by atoms with Crippen molar-refractivity contribution in [3.8, 4) is 0 Å². The minimum atomic E-state index is -0.812. The Labute approximate surface area is 164 Å². The summed E-state index contributed by atoms with van der Waals surface area (Å²) < 4.78 is 5.76. The topological polar surface area (TPSA) is 58.6 Å². The van der Waals surface area contributed by atoms with Gasteiger partial charge in [0.2, 0.25) is 0 Å². The van der Waals surface area contributed by atoms with Crippen molar-refractivity contribution in [1.29, 1.82) is 0 Å². The van der Waals surface area contributed by atoms with Crippen molar-refractivity contribution in [2.24, 2.45) is 5.92 Å². The highest BCUT2D eigenvalue weighted by Crippen LogP contribution is 2.39. The molecule has 0 saturated carbocycles. The van der Waals surface area contributed by atoms with Crippen LogP contribution in [-0.2, 0) is 9.53 Å². The number of aliphatic hydroxyl groups excluding tert-OH is 1. The van der Waals surface area contributed by atoms with Crippen LogP contribution in [0.2, 0.25) is 0 Å². The predicted molar refractivity (Wildman–Crippen MR) is 109 cm³/mol. The molecule has 4 rings (SSSR count). The molecule has 1 heterocycles. The Morgan fingerprint density at radius 3 is 2.04 bits per heavy atom. The van der Waals surface area contributed by atoms with Gasteiger partial charge in [0.25, 0.3) is 0 Å². The van der Waals surface area contributed by atoms with Gasteiger partial charge < -0.3 is 15.2 Å². The van der Waals surface area contributed by atoms with Crippen LogP contribution in [0.4, 0.5) is 5.69 Å². The van der Waals surface area contributed by atoms with Crippen LogP contribution in [0.5, 0.6) is 0 Å². The molecular weight excluding hydrogens is 350 g/mol. The van der Waals surface area contributed by atoms with Gasteiger partial charge in [-0.25, -0.2) is 0 Å². The Hall–Kier alpha value is -3.11. The number of anilines is 1. The molecule has 2 N–H and O–H groups in total. The third kappa shape index (κ3) is 3.92. The van der Waals surface area contributed by atoms with Gasteiger partial charge in [-0.1, -0.05) is 78.9 Å². The van der Waals surface area contributed by atoms with Crippen LogP contribution in [0.25, 0.3) is 0 Å². The summed E-state index contributed by atoms with van der Waals surface area (Å²) in [6.07, 6.45) is -0.860. The second-order valence-electron chi connectivity index (χ2n) is 7.06. The number of benzene rings is 3. The Bertz CT molecular complexity index is 899. The molecule has 0 aliphatic carbocycles. The summed E-state index contributed by atoms with van der Waals surface area (Å²) in [4.78, 5) is 13.0. The van der Waals surface area contributed by atoms with Crippen molar-refractivity contribution >= 4 is 11.7 Å². The lowest BCUT2D eigenvalue weighted by Gasteiger charge is -2.37. The van der Waals surface area contributed by atoms with E-state index in [1.54, 1.807) is 0 Å². The van der Waals surface area contributed by atoms with Gasteiger partial charge in [-0.2, -0.15) is 0 Å². The number of esters is 1. The number of hydrogen-bond acceptors (Lipinski definition) is 4. The standard InChI is InChI=1S/C24H23NO3/c26-20-16-21(17-10-4-1-5-11-17)28-24(27)22(20)23(18-12-6-2-7-13-18)25-19-14-8-3-9-15-19/h1-15,20-23,25-26H,16H2/t20-,21+,22?,23+/m0/s1. The second-order valence-corrected chi connectivity index (χ2v) is 7.06. The number of cyclic esters (lactones) is 1. The van der Waals surface area contributed by atoms with Gasteiger partial charge in [-0.3, -0.25) is 4.79 Å². The fourth-order valence-electron chi connectivity index (χ4n) is 3.77. The molecule has 0 radical (unpaired) electrons. The van der Waals surface area contributed by atoms with Crippen molar-refractivity contribution in [1.82, 2.24) is 0 Å². The molecule has 3 aromatic rings. The predicted octanol–water partition coefficient (Wildman–Crippen LogP) is 4.51. The number of ether oxygens (including phenoxy) is 1. The van der Waals surface area contributed by atoms with Crippen molar-refractivity contribution in [3.63, 3.8) is 0 Å². The highest BCUT2D eigenvalue weighted by molar-refractivity contribution is 5.76. The summed E-state index contributed by atoms with van der Waals surface area (Å²) in [5, 5.41) is 14.4. The minimum Gasteiger partial charge on any atom is -0.457 e. The maximum absolute atomic E-state index is 13.0. The molecule has 0 spiro atoms. The first-order chi connectivity index (χ1) is 13.7. The molecule has 1 aliphatic heterocycles. The van der Waals surface area contributed by atoms with Gasteiger partial charge in [0.1, 0.15) is 12.0 Å². The fourth-order valence-corrected chi connectivity index (χ4v) is 3.77. The van der Waals surface area contributed by atoms with Gasteiger partial charge in [-0.15, -0.1) is 0 Å². The maximum Gasteiger partial charge on any atom is 0.314 e. The van der Waals surface area contributed by atoms with Crippen molar-refractivity contribution in [2.45, 2.75) is 24.7 Å². The Balaban J connectivity index is 1.62. The minimum absolute atomic E-state index is 0.375. The van der Waals surface area contributed by atoms with Crippen LogP contribution in [0.1, 0.15) is 29.7 Å². The smallest absolute Gasteiger partial charge is 0.314 e. The zero-order chi connectivity index (χ0) is 19.3. The molecule has 4 atom stereocenters. The number of aliphatic hydroxyl groups is 1. The van der Waals surface area contributed by atoms with Gasteiger partial charge in [-0.05, 0) is 23.3 Å². The Kier molecular flexibility index (Phi) is 5.40. The molecule has 3 aromatic carbocycles. The SMILES string of the molecule is O=C1O[C@@H](c2ccccc2)C[C@H](O)C1[C@H](Nc1ccccc1)c1ccccc1. The zero-order valence-electron chi connectivity index (χ0n) is 15.4. The number of para-hydroxylation sites is 1. The third-order valence-corrected chi connectivity index (χ3v) is 5.19. The average Bonchev–Trinajstić information content (AvgIpc) is 2.74. The molecular formula is C24H23NO3. The quantitative estimate of drug-likeness (QED) is 0.646. The largest absolute Gasteiger partial charge is 0.457 e. The second kappa shape index (κ2) is 8.28. The average molecular weight is 373 g/mol. The normalized spacial score (nSPS) is 22.9. The van der Waals surface area contributed by atoms with Crippen LogP contribution < -0.4 is 5.32 Å². The van der Waals surface area contributed by atoms with E-state index in [2.05, 4.69) is 5.32 Å². The molecule has 28 heavy (non-hydrogen) atoms. The zero-order valence-corrected chi connectivity index (χ0v) is 15.4. The summed E-state index contributed by atoms with van der Waals surface area (Å²) >= 11 is 0. The lowest BCUT2D eigenvalue weighted by atomic mass is 9.83. The van der Waals surface area contributed by atoms with E-state index in [0.717, 1.165) is 16.8 Å². The van der Waals surface area contributed by atoms with Crippen LogP contribution in [0, 0.1) is 5.92 Å². The Morgan fingerprint density at radius 2 is 1.43 bits per heavy atom. The van der Waals surface area contributed by atoms with Crippen LogP contribution >= 0.6 is 0 Å². The van der Waals surface area contributed by atoms with E-state index in [9.17, 15) is 9.90 Å². The fraction of sp³-hybridized carbons (Fsp3) is 0.208. The molecule has 1 aliphatic rings. The van der Waals surface area contributed by atoms with Gasteiger partial charge in [0.15, 0.2) is 0 Å². The first-order valence-electron chi connectivity index (χ1n) is 9.52. The number of nitrogens with one attached hydrogen (secondary N) is 1. The number of rotatable bonds is 5. The molecule has 1 fully saturated rings. The molecule has 4 heteroatoms. The first-order valence-corrected chi connectivity index (χ1v) is 9.52. The summed E-state index contributed by atoms with van der Waals surface area (Å²) in [5.41, 5.74) is 2.73. The Morgan fingerprint density at radius 1 is 0.857 bits per heavy atom. The lowest BCUT2D eigenvalue weighted by Crippen LogP contribution is -2.43. The van der Waals surface area contributed by atoms with Crippen molar-refractivity contribution in [2.75, 3.05) is 5.32 Å². The summed E-state index contributed by atoms with van der Waals surface area (Å²) in [7, 11) is 0. The maximum atomic E-state index is 13.0. The molecule has 0 bridgehead atoms. The first kappa shape index (κ1) is 18.3. The van der Waals surface area contributed by atoms with Gasteiger partial charge in [0, 0.05) is 12.1 Å². The molecule has 4 nitrogen and oxygen atoms in total. The van der Waals surface area contributed by atoms with E-state index in [1.165, 1.54) is 0 Å². The van der Waals surface area contributed by atoms with E-state index in [-0.39, 0.29) is 12.0 Å². The lowest BCUT2D eigenvalue weighted by molar-refractivity contribution is -0.171. The van der Waals surface area contributed by atoms with E-state index in [1.807, 2.05) is 91.0 Å². The van der Waals surface area contributed by atoms with Crippen molar-refractivity contribution in [3.05, 3.63) is 102 Å². The van der Waals surface area contributed by atoms with E-state index < -0.39 is 18.1 Å². The molecule has 0 amide bonds. The number of hydrogen-bond donors (Lipinski definition) is 2. The highest BCUT2D eigenvalue weighted by atomic mass is 16.5. The van der Waals surface area contributed by atoms with Gasteiger partial charge >= 0.3 is 5.97 Å². The van der Waals surface area contributed by atoms with Crippen LogP contribution in [0.15, 0.2) is 91.0 Å². The van der Waals surface area contributed by atoms with E-state index in [0.29, 0.717) is 6.42 Å². The summed E-state index contributed by atoms with van der Waals surface area (Å²) in [6, 6.07) is 28.6. The van der Waals surface area contributed by atoms with Crippen LogP contribution in [0.3, 0.4) is 0 Å². The summed E-state index contributed by atoms with van der Waals surface area (Å²) in [5.74, 6) is -1.08. The van der Waals surface area contributed by atoms with E-state index >= 15 is 0 Å². The van der Waals surface area contributed by atoms with Crippen molar-refractivity contribution < 1.29 is 14.6 Å². The third-order valence-electron chi connectivity index (χ3n) is 5.19. The molecule has 1 saturated heterocycles. The monoisotopic (exact) mass is 373 g/mol. The summed E-state index contributed by atoms with van der Waals surface area (Å²) in [6.45, 7) is 0. The van der Waals surface area contributed by atoms with Gasteiger partial charge in [0.05, 0.1) is 12.1 Å². The molecule has 1 unspecified atom stereocenters. The molecule has 142 valence electrons. The van der Waals surface area contributed by atoms with Crippen LogP contribution in [-0.4, -0.2) is 17.2 Å². The molecule has 0 aromatic heterocycles. The number of carbonyl (C=O) groups is 1. The number of carbonyl (C=O) groups excluding carboxylic acids is 1. The van der Waals surface area contributed by atoms with E-state index in [4.69, 9.17) is 4.74 Å². The highest BCUT2D eigenvalue weighted by Gasteiger charge is 2.43.